The van der Waals surface area contributed by atoms with E-state index in [2.05, 4.69) is 57.4 Å². The van der Waals surface area contributed by atoms with Gasteiger partial charge in [-0.2, -0.15) is 0 Å². The number of hydrogen-bond acceptors (Lipinski definition) is 2. The van der Waals surface area contributed by atoms with E-state index in [-0.39, 0.29) is 0 Å². The summed E-state index contributed by atoms with van der Waals surface area (Å²) in [6, 6.07) is 6.58. The molecule has 2 nitrogen and oxygen atoms in total. The van der Waals surface area contributed by atoms with Gasteiger partial charge >= 0.3 is 0 Å². The molecule has 0 amide bonds. The summed E-state index contributed by atoms with van der Waals surface area (Å²) in [7, 11) is 0. The lowest BCUT2D eigenvalue weighted by molar-refractivity contribution is -0.0979. The van der Waals surface area contributed by atoms with Crippen molar-refractivity contribution in [3.8, 4) is 0 Å². The highest BCUT2D eigenvalue weighted by Crippen LogP contribution is 2.37. The smallest absolute Gasteiger partial charge is 0.106 e. The third-order valence-electron chi connectivity index (χ3n) is 3.31. The molecule has 1 aliphatic rings. The molecule has 0 fully saturated rings. The number of hydrogen-bond donors (Lipinski definition) is 1. The maximum Gasteiger partial charge on any atom is 0.106 e. The Morgan fingerprint density at radius 3 is 1.87 bits per heavy atom. The van der Waals surface area contributed by atoms with Gasteiger partial charge in [0, 0.05) is 11.4 Å². The first-order valence-corrected chi connectivity index (χ1v) is 8.29. The van der Waals surface area contributed by atoms with Crippen LogP contribution in [-0.4, -0.2) is 6.79 Å². The summed E-state index contributed by atoms with van der Waals surface area (Å²) in [5.41, 5.74) is 8.23. The predicted octanol–water partition coefficient (Wildman–Crippen LogP) is 6.24. The fraction of sp³-hybridized carbons (Fsp3) is 0.381. The fourth-order valence-electron chi connectivity index (χ4n) is 2.14. The van der Waals surface area contributed by atoms with Crippen molar-refractivity contribution in [3.63, 3.8) is 0 Å². The van der Waals surface area contributed by atoms with Gasteiger partial charge < -0.3 is 10.1 Å². The van der Waals surface area contributed by atoms with Crippen LogP contribution in [0.15, 0.2) is 53.8 Å². The van der Waals surface area contributed by atoms with Gasteiger partial charge in [0.25, 0.3) is 0 Å². The zero-order valence-electron chi connectivity index (χ0n) is 16.0. The summed E-state index contributed by atoms with van der Waals surface area (Å²) in [4.78, 5) is 8.00. The quantitative estimate of drug-likeness (QED) is 0.715. The maximum atomic E-state index is 8.00. The van der Waals surface area contributed by atoms with E-state index in [1.165, 1.54) is 16.7 Å². The third kappa shape index (κ3) is 6.27. The van der Waals surface area contributed by atoms with Crippen molar-refractivity contribution >= 4 is 12.5 Å². The zero-order chi connectivity index (χ0) is 18.6. The lowest BCUT2D eigenvalue weighted by Crippen LogP contribution is -2.16. The first kappa shape index (κ1) is 23.2. The van der Waals surface area contributed by atoms with Crippen molar-refractivity contribution in [2.24, 2.45) is 0 Å². The number of allylic oxidation sites excluding steroid dienone is 2. The van der Waals surface area contributed by atoms with E-state index >= 15 is 0 Å². The molecule has 1 aliphatic carbocycles. The molecule has 0 saturated heterocycles. The van der Waals surface area contributed by atoms with Gasteiger partial charge in [-0.3, -0.25) is 0 Å². The Hall–Kier alpha value is -2.09. The van der Waals surface area contributed by atoms with E-state index in [0.717, 1.165) is 29.0 Å². The molecule has 0 heterocycles. The average Bonchev–Trinajstić information content (AvgIpc) is 2.63. The number of anilines is 1. The van der Waals surface area contributed by atoms with E-state index in [1.807, 2.05) is 34.5 Å². The molecule has 0 radical (unpaired) electrons. The van der Waals surface area contributed by atoms with Crippen LogP contribution in [0, 0.1) is 6.92 Å². The van der Waals surface area contributed by atoms with Crippen molar-refractivity contribution in [2.75, 3.05) is 5.32 Å². The van der Waals surface area contributed by atoms with E-state index in [4.69, 9.17) is 4.79 Å². The van der Waals surface area contributed by atoms with Gasteiger partial charge in [0.2, 0.25) is 0 Å². The second-order valence-corrected chi connectivity index (χ2v) is 4.64. The molecule has 1 aromatic rings. The van der Waals surface area contributed by atoms with E-state index in [0.29, 0.717) is 0 Å². The van der Waals surface area contributed by atoms with Crippen LogP contribution in [-0.2, 0) is 11.2 Å². The molecule has 0 saturated carbocycles. The van der Waals surface area contributed by atoms with Crippen molar-refractivity contribution < 1.29 is 4.79 Å². The summed E-state index contributed by atoms with van der Waals surface area (Å²) < 4.78 is 0. The monoisotopic (exact) mass is 315 g/mol. The van der Waals surface area contributed by atoms with Crippen molar-refractivity contribution in [3.05, 3.63) is 64.9 Å². The second kappa shape index (κ2) is 12.5. The molecule has 0 unspecified atom stereocenters. The van der Waals surface area contributed by atoms with E-state index in [9.17, 15) is 0 Å². The maximum absolute atomic E-state index is 8.00. The first-order chi connectivity index (χ1) is 11.0. The molecule has 0 aliphatic heterocycles. The van der Waals surface area contributed by atoms with Crippen molar-refractivity contribution in [1.82, 2.24) is 0 Å². The van der Waals surface area contributed by atoms with Crippen LogP contribution in [0.5, 0.6) is 0 Å². The van der Waals surface area contributed by atoms with Gasteiger partial charge in [-0.15, -0.1) is 0 Å². The minimum absolute atomic E-state index is 1.03. The highest BCUT2D eigenvalue weighted by molar-refractivity contribution is 5.72. The Balaban J connectivity index is 0. The molecule has 0 bridgehead atoms. The summed E-state index contributed by atoms with van der Waals surface area (Å²) >= 11 is 0. The second-order valence-electron chi connectivity index (χ2n) is 4.64. The molecule has 1 aromatic carbocycles. The Kier molecular flexibility index (Phi) is 12.6. The van der Waals surface area contributed by atoms with Crippen molar-refractivity contribution in [1.29, 1.82) is 0 Å². The molecule has 23 heavy (non-hydrogen) atoms. The summed E-state index contributed by atoms with van der Waals surface area (Å²) in [6.07, 6.45) is 1.06. The normalized spacial score (nSPS) is 11.8. The lowest BCUT2D eigenvalue weighted by Gasteiger charge is -2.28. The van der Waals surface area contributed by atoms with E-state index in [1.54, 1.807) is 0 Å². The largest absolute Gasteiger partial charge is 0.355 e. The molecule has 0 atom stereocenters. The SMILES string of the molecule is C=C1C(=C)C(Nc2cc(C)cc(CC)c2)=C1C.C=O.CC.CC. The van der Waals surface area contributed by atoms with Gasteiger partial charge in [-0.25, -0.2) is 0 Å². The predicted molar refractivity (Wildman–Crippen MR) is 105 cm³/mol. The van der Waals surface area contributed by atoms with Gasteiger partial charge in [0.1, 0.15) is 6.79 Å². The lowest BCUT2D eigenvalue weighted by atomic mass is 9.85. The number of benzene rings is 1. The number of carbonyl (C=O) groups excluding carboxylic acids is 1. The van der Waals surface area contributed by atoms with Gasteiger partial charge in [0.15, 0.2) is 0 Å². The summed E-state index contributed by atoms with van der Waals surface area (Å²) in [5.74, 6) is 0. The minimum Gasteiger partial charge on any atom is -0.355 e. The van der Waals surface area contributed by atoms with Crippen molar-refractivity contribution in [2.45, 2.75) is 54.9 Å². The Labute approximate surface area is 143 Å². The zero-order valence-corrected chi connectivity index (χ0v) is 16.0. The van der Waals surface area contributed by atoms with Gasteiger partial charge in [-0.05, 0) is 60.2 Å². The van der Waals surface area contributed by atoms with Crippen LogP contribution in [0.25, 0.3) is 0 Å². The highest BCUT2D eigenvalue weighted by Gasteiger charge is 2.22. The highest BCUT2D eigenvalue weighted by atomic mass is 16.1. The Morgan fingerprint density at radius 2 is 1.43 bits per heavy atom. The molecule has 0 spiro atoms. The Morgan fingerprint density at radius 1 is 0.913 bits per heavy atom. The standard InChI is InChI=1S/C16H19N.2C2H6.CH2O/c1-6-14-7-10(2)8-15(9-14)17-16-12(4)11(3)13(16)5;3*1-2/h7-9,17H,3-4,6H2,1-2,5H3;2*1-2H3;1H2. The number of aryl methyl sites for hydroxylation is 2. The topological polar surface area (TPSA) is 29.1 Å². The van der Waals surface area contributed by atoms with Gasteiger partial charge in [-0.1, -0.05) is 53.8 Å². The molecule has 2 rings (SSSR count). The molecule has 2 heteroatoms. The van der Waals surface area contributed by atoms with Crippen LogP contribution in [0.3, 0.4) is 0 Å². The minimum atomic E-state index is 1.03. The van der Waals surface area contributed by atoms with Crippen LogP contribution in [0.4, 0.5) is 5.69 Å². The molecule has 1 N–H and O–H groups in total. The first-order valence-electron chi connectivity index (χ1n) is 8.29. The van der Waals surface area contributed by atoms with E-state index < -0.39 is 0 Å². The molecular weight excluding hydrogens is 282 g/mol. The molecular formula is C21H33NO. The molecule has 128 valence electrons. The van der Waals surface area contributed by atoms with Crippen LogP contribution in [0.1, 0.15) is 52.7 Å². The number of rotatable bonds is 3. The van der Waals surface area contributed by atoms with Gasteiger partial charge in [0.05, 0.1) is 0 Å². The summed E-state index contributed by atoms with van der Waals surface area (Å²) in [5, 5.41) is 3.44. The summed E-state index contributed by atoms with van der Waals surface area (Å²) in [6.45, 7) is 24.4. The average molecular weight is 316 g/mol. The number of nitrogens with one attached hydrogen (secondary N) is 1. The van der Waals surface area contributed by atoms with Crippen LogP contribution in [0.2, 0.25) is 0 Å². The molecule has 0 aromatic heterocycles. The fourth-order valence-corrected chi connectivity index (χ4v) is 2.14. The third-order valence-corrected chi connectivity index (χ3v) is 3.31. The van der Waals surface area contributed by atoms with Crippen LogP contribution < -0.4 is 5.32 Å². The Bertz CT molecular complexity index is 553. The van der Waals surface area contributed by atoms with Crippen LogP contribution >= 0.6 is 0 Å². The number of carbonyl (C=O) groups is 1.